The summed E-state index contributed by atoms with van der Waals surface area (Å²) in [5, 5.41) is 1.01. The molecule has 0 unspecified atom stereocenters. The summed E-state index contributed by atoms with van der Waals surface area (Å²) in [7, 11) is 0. The van der Waals surface area contributed by atoms with Gasteiger partial charge in [0.05, 0.1) is 27.7 Å². The molecule has 1 aromatic carbocycles. The molecule has 0 bridgehead atoms. The van der Waals surface area contributed by atoms with E-state index in [1.165, 1.54) is 17.4 Å². The van der Waals surface area contributed by atoms with Crippen molar-refractivity contribution in [2.75, 3.05) is 19.8 Å². The molecule has 166 valence electrons. The van der Waals surface area contributed by atoms with Crippen molar-refractivity contribution in [1.82, 2.24) is 15.0 Å². The Labute approximate surface area is 194 Å². The molecule has 1 aliphatic heterocycles. The van der Waals surface area contributed by atoms with Gasteiger partial charge in [0.2, 0.25) is 5.28 Å². The van der Waals surface area contributed by atoms with Crippen molar-refractivity contribution in [3.05, 3.63) is 64.8 Å². The van der Waals surface area contributed by atoms with Crippen molar-refractivity contribution in [2.45, 2.75) is 25.2 Å². The quantitative estimate of drug-likeness (QED) is 0.266. The fraction of sp³-hybridized carbons (Fsp3) is 0.304. The van der Waals surface area contributed by atoms with Crippen LogP contribution >= 0.6 is 22.9 Å². The third kappa shape index (κ3) is 5.03. The van der Waals surface area contributed by atoms with Gasteiger partial charge in [0.15, 0.2) is 0 Å². The zero-order chi connectivity index (χ0) is 22.5. The molecule has 3 heterocycles. The number of hydrogen-bond donors (Lipinski definition) is 0. The molecule has 32 heavy (non-hydrogen) atoms. The maximum atomic E-state index is 15.5. The first-order valence-corrected chi connectivity index (χ1v) is 11.4. The molecule has 9 heteroatoms. The Kier molecular flexibility index (Phi) is 7.24. The SMILES string of the molecule is C=CCOC(=O)Cc1cccc(-c2nc(C3CCOCC3)sc2-c2ccnc(Cl)n2)c1F. The lowest BCUT2D eigenvalue weighted by Gasteiger charge is -2.19. The fourth-order valence-corrected chi connectivity index (χ4v) is 4.90. The van der Waals surface area contributed by atoms with Gasteiger partial charge in [-0.2, -0.15) is 0 Å². The largest absolute Gasteiger partial charge is 0.461 e. The van der Waals surface area contributed by atoms with E-state index in [1.807, 2.05) is 0 Å². The molecule has 0 saturated carbocycles. The predicted molar refractivity (Wildman–Crippen MR) is 121 cm³/mol. The lowest BCUT2D eigenvalue weighted by molar-refractivity contribution is -0.141. The third-order valence-electron chi connectivity index (χ3n) is 5.10. The van der Waals surface area contributed by atoms with Crippen molar-refractivity contribution in [2.24, 2.45) is 0 Å². The number of carbonyl (C=O) groups excluding carboxylic acids is 1. The van der Waals surface area contributed by atoms with Crippen molar-refractivity contribution in [3.63, 3.8) is 0 Å². The molecule has 1 fully saturated rings. The topological polar surface area (TPSA) is 74.2 Å². The van der Waals surface area contributed by atoms with Gasteiger partial charge in [-0.15, -0.1) is 11.3 Å². The number of halogens is 2. The van der Waals surface area contributed by atoms with E-state index in [2.05, 4.69) is 16.5 Å². The number of esters is 1. The fourth-order valence-electron chi connectivity index (χ4n) is 3.53. The number of nitrogens with zero attached hydrogens (tertiary/aromatic N) is 3. The van der Waals surface area contributed by atoms with Crippen LogP contribution in [-0.4, -0.2) is 40.7 Å². The Bertz CT molecular complexity index is 1130. The van der Waals surface area contributed by atoms with Gasteiger partial charge in [0.1, 0.15) is 12.4 Å². The monoisotopic (exact) mass is 473 g/mol. The van der Waals surface area contributed by atoms with Crippen LogP contribution in [0, 0.1) is 5.82 Å². The summed E-state index contributed by atoms with van der Waals surface area (Å²) in [4.78, 5) is 25.8. The summed E-state index contributed by atoms with van der Waals surface area (Å²) in [6.45, 7) is 4.94. The minimum absolute atomic E-state index is 0.0827. The molecule has 0 radical (unpaired) electrons. The van der Waals surface area contributed by atoms with Gasteiger partial charge in [-0.3, -0.25) is 4.79 Å². The molecule has 4 rings (SSSR count). The van der Waals surface area contributed by atoms with Crippen LogP contribution in [0.2, 0.25) is 5.28 Å². The van der Waals surface area contributed by atoms with Gasteiger partial charge in [-0.1, -0.05) is 24.8 Å². The number of aromatic nitrogens is 3. The molecule has 6 nitrogen and oxygen atoms in total. The van der Waals surface area contributed by atoms with E-state index in [9.17, 15) is 4.79 Å². The third-order valence-corrected chi connectivity index (χ3v) is 6.53. The minimum atomic E-state index is -0.523. The van der Waals surface area contributed by atoms with Gasteiger partial charge in [-0.25, -0.2) is 19.3 Å². The van der Waals surface area contributed by atoms with Crippen molar-refractivity contribution in [1.29, 1.82) is 0 Å². The van der Waals surface area contributed by atoms with Crippen LogP contribution in [0.15, 0.2) is 43.1 Å². The molecule has 0 aliphatic carbocycles. The van der Waals surface area contributed by atoms with Gasteiger partial charge < -0.3 is 9.47 Å². The van der Waals surface area contributed by atoms with Gasteiger partial charge >= 0.3 is 5.97 Å². The lowest BCUT2D eigenvalue weighted by Crippen LogP contribution is -2.13. The molecular formula is C23H21ClFN3O3S. The molecule has 0 spiro atoms. The standard InChI is InChI=1S/C23H21ClFN3O3S/c1-2-10-31-18(29)13-15-4-3-5-16(19(15)25)20-21(17-6-9-26-23(24)27-17)32-22(28-20)14-7-11-30-12-8-14/h2-6,9,14H,1,7-8,10-13H2. The average Bonchev–Trinajstić information content (AvgIpc) is 3.25. The number of ether oxygens (including phenoxy) is 2. The number of thiazole rings is 1. The minimum Gasteiger partial charge on any atom is -0.461 e. The van der Waals surface area contributed by atoms with Crippen molar-refractivity contribution >= 4 is 28.9 Å². The van der Waals surface area contributed by atoms with E-state index in [0.717, 1.165) is 17.8 Å². The van der Waals surface area contributed by atoms with Crippen LogP contribution in [0.4, 0.5) is 4.39 Å². The van der Waals surface area contributed by atoms with Gasteiger partial charge in [0, 0.05) is 30.9 Å². The second kappa shape index (κ2) is 10.3. The maximum absolute atomic E-state index is 15.5. The summed E-state index contributed by atoms with van der Waals surface area (Å²) < 4.78 is 26.0. The lowest BCUT2D eigenvalue weighted by atomic mass is 10.0. The predicted octanol–water partition coefficient (Wildman–Crippen LogP) is 5.23. The molecule has 0 amide bonds. The number of hydrogen-bond acceptors (Lipinski definition) is 7. The zero-order valence-corrected chi connectivity index (χ0v) is 18.8. The average molecular weight is 474 g/mol. The maximum Gasteiger partial charge on any atom is 0.310 e. The zero-order valence-electron chi connectivity index (χ0n) is 17.2. The van der Waals surface area contributed by atoms with Crippen LogP contribution in [0.25, 0.3) is 21.8 Å². The first-order valence-electron chi connectivity index (χ1n) is 10.2. The van der Waals surface area contributed by atoms with E-state index < -0.39 is 11.8 Å². The Morgan fingerprint density at radius 3 is 2.88 bits per heavy atom. The Hall–Kier alpha value is -2.68. The second-order valence-electron chi connectivity index (χ2n) is 7.25. The van der Waals surface area contributed by atoms with Crippen LogP contribution in [0.3, 0.4) is 0 Å². The normalized spacial score (nSPS) is 14.3. The molecule has 0 atom stereocenters. The molecule has 2 aromatic heterocycles. The Morgan fingerprint density at radius 1 is 1.31 bits per heavy atom. The molecule has 1 saturated heterocycles. The molecule has 0 N–H and O–H groups in total. The van der Waals surface area contributed by atoms with Gasteiger partial charge in [0.25, 0.3) is 0 Å². The van der Waals surface area contributed by atoms with E-state index in [4.69, 9.17) is 26.1 Å². The van der Waals surface area contributed by atoms with Crippen LogP contribution in [0.1, 0.15) is 29.3 Å². The van der Waals surface area contributed by atoms with Crippen LogP contribution in [-0.2, 0) is 20.7 Å². The van der Waals surface area contributed by atoms with Crippen molar-refractivity contribution in [3.8, 4) is 21.8 Å². The number of carbonyl (C=O) groups is 1. The van der Waals surface area contributed by atoms with E-state index in [1.54, 1.807) is 30.5 Å². The molecular weight excluding hydrogens is 453 g/mol. The highest BCUT2D eigenvalue weighted by Crippen LogP contribution is 2.42. The first kappa shape index (κ1) is 22.5. The highest BCUT2D eigenvalue weighted by Gasteiger charge is 2.26. The second-order valence-corrected chi connectivity index (χ2v) is 8.62. The summed E-state index contributed by atoms with van der Waals surface area (Å²) in [6, 6.07) is 6.66. The van der Waals surface area contributed by atoms with Crippen LogP contribution in [0.5, 0.6) is 0 Å². The highest BCUT2D eigenvalue weighted by atomic mass is 35.5. The first-order chi connectivity index (χ1) is 15.6. The van der Waals surface area contributed by atoms with Crippen molar-refractivity contribution < 1.29 is 18.7 Å². The number of benzene rings is 1. The number of rotatable bonds is 7. The van der Waals surface area contributed by atoms with Crippen LogP contribution < -0.4 is 0 Å². The van der Waals surface area contributed by atoms with Gasteiger partial charge in [-0.05, 0) is 42.1 Å². The van der Waals surface area contributed by atoms with E-state index in [-0.39, 0.29) is 29.8 Å². The highest BCUT2D eigenvalue weighted by molar-refractivity contribution is 7.15. The molecule has 1 aliphatic rings. The Balaban J connectivity index is 1.76. The summed E-state index contributed by atoms with van der Waals surface area (Å²) in [5.74, 6) is -0.795. The van der Waals surface area contributed by atoms with E-state index in [0.29, 0.717) is 35.0 Å². The summed E-state index contributed by atoms with van der Waals surface area (Å²) >= 11 is 7.49. The summed E-state index contributed by atoms with van der Waals surface area (Å²) in [5.41, 5.74) is 1.60. The molecule has 3 aromatic rings. The van der Waals surface area contributed by atoms with E-state index >= 15 is 4.39 Å². The smallest absolute Gasteiger partial charge is 0.310 e. The summed E-state index contributed by atoms with van der Waals surface area (Å²) in [6.07, 6.45) is 4.56. The Morgan fingerprint density at radius 2 is 2.12 bits per heavy atom.